The van der Waals surface area contributed by atoms with Crippen LogP contribution in [-0.4, -0.2) is 68.8 Å². The van der Waals surface area contributed by atoms with Gasteiger partial charge in [0.2, 0.25) is 0 Å². The van der Waals surface area contributed by atoms with Crippen molar-refractivity contribution in [1.82, 2.24) is 0 Å². The van der Waals surface area contributed by atoms with E-state index in [1.807, 2.05) is 13.8 Å². The van der Waals surface area contributed by atoms with Gasteiger partial charge in [-0.05, 0) is 55.9 Å². The Labute approximate surface area is 216 Å². The number of hydrogen-bond acceptors (Lipinski definition) is 8. The number of carbonyl (C=O) groups is 4. The fourth-order valence-electron chi connectivity index (χ4n) is 7.24. The highest BCUT2D eigenvalue weighted by Gasteiger charge is 2.69. The van der Waals surface area contributed by atoms with Crippen molar-refractivity contribution < 1.29 is 44.0 Å². The zero-order valence-corrected chi connectivity index (χ0v) is 22.0. The zero-order chi connectivity index (χ0) is 27.6. The predicted octanol–water partition coefficient (Wildman–Crippen LogP) is 2.52. The van der Waals surface area contributed by atoms with Crippen LogP contribution >= 0.6 is 0 Å². The third-order valence-electron chi connectivity index (χ3n) is 9.42. The maximum atomic E-state index is 13.3. The Morgan fingerprint density at radius 3 is 2.54 bits per heavy atom. The smallest absolute Gasteiger partial charge is 0.309 e. The highest BCUT2D eigenvalue weighted by atomic mass is 16.6. The van der Waals surface area contributed by atoms with E-state index in [-0.39, 0.29) is 41.0 Å². The second-order valence-corrected chi connectivity index (χ2v) is 12.5. The molecule has 4 aliphatic rings. The van der Waals surface area contributed by atoms with Crippen molar-refractivity contribution in [2.75, 3.05) is 6.61 Å². The average Bonchev–Trinajstić information content (AvgIpc) is 3.51. The molecule has 9 heteroatoms. The molecule has 3 fully saturated rings. The van der Waals surface area contributed by atoms with Crippen molar-refractivity contribution in [2.24, 2.45) is 22.7 Å². The zero-order valence-electron chi connectivity index (χ0n) is 22.0. The van der Waals surface area contributed by atoms with Crippen LogP contribution in [0.5, 0.6) is 0 Å². The van der Waals surface area contributed by atoms with Crippen molar-refractivity contribution in [3.63, 3.8) is 0 Å². The third kappa shape index (κ3) is 4.81. The number of rotatable bonds is 8. The van der Waals surface area contributed by atoms with E-state index in [0.29, 0.717) is 12.8 Å². The molecule has 0 bridgehead atoms. The molecule has 3 N–H and O–H groups in total. The quantitative estimate of drug-likeness (QED) is 0.250. The molecule has 0 aromatic rings. The number of carbonyl (C=O) groups excluding carboxylic acids is 3. The van der Waals surface area contributed by atoms with Gasteiger partial charge in [0.25, 0.3) is 0 Å². The van der Waals surface area contributed by atoms with Crippen LogP contribution in [0.1, 0.15) is 72.6 Å². The number of ketones is 2. The van der Waals surface area contributed by atoms with Crippen LogP contribution in [0.25, 0.3) is 0 Å². The number of aliphatic hydroxyl groups is 2. The number of hydrogen-bond donors (Lipinski definition) is 3. The standard InChI is InChI=1S/C28H38O9/c1-15-6-7-18-25(2,3)19(29)8-9-27(18,5)17(15)11-28-20(30)10-16(23(34)24(28)37-28)14-36-22(33)13-26(4,35)12-21(31)32/h10,17-18,23-24,34-35H,1,6-9,11-14H2,2-5H3,(H,31,32). The molecule has 9 nitrogen and oxygen atoms in total. The van der Waals surface area contributed by atoms with Crippen molar-refractivity contribution in [3.8, 4) is 0 Å². The lowest BCUT2D eigenvalue weighted by Gasteiger charge is -2.57. The molecule has 37 heavy (non-hydrogen) atoms. The number of aliphatic carboxylic acids is 1. The highest BCUT2D eigenvalue weighted by Crippen LogP contribution is 2.63. The number of carboxylic acid groups (broad SMARTS) is 1. The number of ether oxygens (including phenoxy) is 2. The van der Waals surface area contributed by atoms with Gasteiger partial charge in [-0.15, -0.1) is 0 Å². The summed E-state index contributed by atoms with van der Waals surface area (Å²) in [5, 5.41) is 29.8. The van der Waals surface area contributed by atoms with Gasteiger partial charge in [-0.3, -0.25) is 19.2 Å². The van der Waals surface area contributed by atoms with Crippen LogP contribution in [0, 0.1) is 22.7 Å². The van der Waals surface area contributed by atoms with E-state index in [2.05, 4.69) is 13.5 Å². The molecule has 7 unspecified atom stereocenters. The largest absolute Gasteiger partial charge is 0.481 e. The first-order chi connectivity index (χ1) is 17.0. The normalized spacial score (nSPS) is 38.1. The maximum absolute atomic E-state index is 13.3. The molecular formula is C28H38O9. The van der Waals surface area contributed by atoms with Gasteiger partial charge in [0.05, 0.1) is 18.4 Å². The number of aliphatic hydroxyl groups excluding tert-OH is 1. The van der Waals surface area contributed by atoms with Gasteiger partial charge in [-0.25, -0.2) is 0 Å². The first-order valence-electron chi connectivity index (χ1n) is 12.9. The molecule has 1 aliphatic heterocycles. The lowest BCUT2D eigenvalue weighted by molar-refractivity contribution is -0.151. The van der Waals surface area contributed by atoms with Crippen molar-refractivity contribution >= 4 is 23.5 Å². The number of Topliss-reactive ketones (excluding diaryl/α,β-unsaturated/α-hetero) is 1. The van der Waals surface area contributed by atoms with Crippen LogP contribution in [0.3, 0.4) is 0 Å². The van der Waals surface area contributed by atoms with Crippen LogP contribution in [-0.2, 0) is 28.7 Å². The van der Waals surface area contributed by atoms with Gasteiger partial charge in [-0.1, -0.05) is 32.9 Å². The van der Waals surface area contributed by atoms with Gasteiger partial charge in [-0.2, -0.15) is 0 Å². The minimum atomic E-state index is -1.78. The number of fused-ring (bicyclic) bond motifs is 2. The fraction of sp³-hybridized carbons (Fsp3) is 0.714. The molecule has 4 rings (SSSR count). The average molecular weight is 519 g/mol. The number of esters is 1. The second-order valence-electron chi connectivity index (χ2n) is 12.5. The Bertz CT molecular complexity index is 1070. The number of allylic oxidation sites excluding steroid dienone is 1. The predicted molar refractivity (Wildman–Crippen MR) is 131 cm³/mol. The third-order valence-corrected chi connectivity index (χ3v) is 9.42. The maximum Gasteiger partial charge on any atom is 0.309 e. The molecule has 2 saturated carbocycles. The molecule has 1 saturated heterocycles. The lowest BCUT2D eigenvalue weighted by Crippen LogP contribution is -2.54. The summed E-state index contributed by atoms with van der Waals surface area (Å²) in [6, 6.07) is 0. The summed E-state index contributed by atoms with van der Waals surface area (Å²) in [4.78, 5) is 49.0. The van der Waals surface area contributed by atoms with Crippen molar-refractivity contribution in [3.05, 3.63) is 23.8 Å². The van der Waals surface area contributed by atoms with Crippen LogP contribution in [0.4, 0.5) is 0 Å². The lowest BCUT2D eigenvalue weighted by atomic mass is 9.46. The second kappa shape index (κ2) is 9.13. The first-order valence-corrected chi connectivity index (χ1v) is 12.9. The minimum Gasteiger partial charge on any atom is -0.481 e. The van der Waals surface area contributed by atoms with Crippen LogP contribution in [0.2, 0.25) is 0 Å². The van der Waals surface area contributed by atoms with E-state index in [1.165, 1.54) is 13.0 Å². The summed E-state index contributed by atoms with van der Waals surface area (Å²) in [6.45, 7) is 11.4. The molecular weight excluding hydrogens is 480 g/mol. The van der Waals surface area contributed by atoms with Crippen LogP contribution in [0.15, 0.2) is 23.8 Å². The van der Waals surface area contributed by atoms with Gasteiger partial charge in [0.1, 0.15) is 24.6 Å². The Kier molecular flexibility index (Phi) is 6.83. The van der Waals surface area contributed by atoms with Gasteiger partial charge >= 0.3 is 11.9 Å². The van der Waals surface area contributed by atoms with E-state index in [4.69, 9.17) is 14.6 Å². The fourth-order valence-corrected chi connectivity index (χ4v) is 7.24. The van der Waals surface area contributed by atoms with E-state index < -0.39 is 53.6 Å². The number of epoxide rings is 1. The van der Waals surface area contributed by atoms with Crippen LogP contribution < -0.4 is 0 Å². The topological polar surface area (TPSA) is 151 Å². The Morgan fingerprint density at radius 2 is 1.89 bits per heavy atom. The summed E-state index contributed by atoms with van der Waals surface area (Å²) >= 11 is 0. The van der Waals surface area contributed by atoms with E-state index >= 15 is 0 Å². The van der Waals surface area contributed by atoms with Crippen molar-refractivity contribution in [2.45, 2.75) is 96.1 Å². The molecule has 7 atom stereocenters. The number of carboxylic acids is 1. The molecule has 1 heterocycles. The van der Waals surface area contributed by atoms with Crippen molar-refractivity contribution in [1.29, 1.82) is 0 Å². The summed E-state index contributed by atoms with van der Waals surface area (Å²) in [5.41, 5.74) is -2.35. The van der Waals surface area contributed by atoms with Gasteiger partial charge < -0.3 is 24.8 Å². The van der Waals surface area contributed by atoms with E-state index in [9.17, 15) is 29.4 Å². The first kappa shape index (κ1) is 27.7. The Balaban J connectivity index is 1.46. The molecule has 204 valence electrons. The molecule has 0 radical (unpaired) electrons. The van der Waals surface area contributed by atoms with E-state index in [1.54, 1.807) is 0 Å². The molecule has 0 spiro atoms. The molecule has 0 aromatic heterocycles. The summed E-state index contributed by atoms with van der Waals surface area (Å²) < 4.78 is 11.0. The Morgan fingerprint density at radius 1 is 1.22 bits per heavy atom. The van der Waals surface area contributed by atoms with Gasteiger partial charge in [0.15, 0.2) is 11.4 Å². The summed E-state index contributed by atoms with van der Waals surface area (Å²) in [7, 11) is 0. The molecule has 0 aromatic carbocycles. The Hall–Kier alpha value is -2.36. The van der Waals surface area contributed by atoms with Gasteiger partial charge in [0, 0.05) is 17.4 Å². The monoisotopic (exact) mass is 518 g/mol. The van der Waals surface area contributed by atoms with E-state index in [0.717, 1.165) is 24.8 Å². The molecule has 0 amide bonds. The summed E-state index contributed by atoms with van der Waals surface area (Å²) in [5.74, 6) is -1.98. The SMILES string of the molecule is C=C1CCC2C(C)(C)C(=O)CCC2(C)C1CC12OC1C(O)C(COC(=O)CC(C)(O)CC(=O)O)=CC2=O. The minimum absolute atomic E-state index is 0.0379. The summed E-state index contributed by atoms with van der Waals surface area (Å²) in [6.07, 6.45) is 1.47. The molecule has 3 aliphatic carbocycles. The highest BCUT2D eigenvalue weighted by molar-refractivity contribution is 6.02.